The largest absolute Gasteiger partial charge is 0.480 e. The lowest BCUT2D eigenvalue weighted by Crippen LogP contribution is -2.59. The molecule has 1 atom stereocenters. The molecule has 1 aliphatic carbocycles. The Balaban J connectivity index is 2.47. The number of carbonyl (C=O) groups excluding carboxylic acids is 1. The minimum Gasteiger partial charge on any atom is -0.480 e. The van der Waals surface area contributed by atoms with Gasteiger partial charge < -0.3 is 16.2 Å². The van der Waals surface area contributed by atoms with Crippen LogP contribution in [0.1, 0.15) is 46.0 Å². The minimum absolute atomic E-state index is 0.135. The quantitative estimate of drug-likeness (QED) is 0.636. The van der Waals surface area contributed by atoms with Crippen molar-refractivity contribution in [3.8, 4) is 0 Å². The van der Waals surface area contributed by atoms with E-state index in [-0.39, 0.29) is 11.8 Å². The van der Waals surface area contributed by atoms with E-state index < -0.39 is 11.5 Å². The Morgan fingerprint density at radius 3 is 2.33 bits per heavy atom. The highest BCUT2D eigenvalue weighted by atomic mass is 16.4. The van der Waals surface area contributed by atoms with Gasteiger partial charge in [0.15, 0.2) is 0 Å². The monoisotopic (exact) mass is 256 g/mol. The molecular weight excluding hydrogens is 232 g/mol. The molecule has 0 aliphatic heterocycles. The first-order valence-electron chi connectivity index (χ1n) is 6.64. The van der Waals surface area contributed by atoms with E-state index in [0.29, 0.717) is 31.7 Å². The molecule has 104 valence electrons. The summed E-state index contributed by atoms with van der Waals surface area (Å²) in [4.78, 5) is 23.0. The molecule has 1 aliphatic rings. The zero-order chi connectivity index (χ0) is 13.8. The van der Waals surface area contributed by atoms with Crippen molar-refractivity contribution in [1.29, 1.82) is 0 Å². The molecule has 0 aromatic heterocycles. The molecule has 0 aromatic rings. The third-order valence-electron chi connectivity index (χ3n) is 3.61. The van der Waals surface area contributed by atoms with Gasteiger partial charge in [0, 0.05) is 6.42 Å². The maximum absolute atomic E-state index is 11.9. The number of nitrogens with one attached hydrogen (secondary N) is 1. The van der Waals surface area contributed by atoms with Gasteiger partial charge >= 0.3 is 5.97 Å². The molecule has 5 heteroatoms. The Labute approximate surface area is 108 Å². The average Bonchev–Trinajstić information content (AvgIpc) is 2.21. The lowest BCUT2D eigenvalue weighted by Gasteiger charge is -2.38. The molecule has 0 spiro atoms. The predicted molar refractivity (Wildman–Crippen MR) is 69.0 cm³/mol. The summed E-state index contributed by atoms with van der Waals surface area (Å²) in [5.41, 5.74) is 4.64. The fourth-order valence-corrected chi connectivity index (χ4v) is 2.43. The van der Waals surface area contributed by atoms with E-state index >= 15 is 0 Å². The number of hydrogen-bond acceptors (Lipinski definition) is 3. The SMILES string of the molecule is CC(C)CC(CN)CC(=O)NC1(C(=O)O)CCC1. The molecule has 0 radical (unpaired) electrons. The van der Waals surface area contributed by atoms with Crippen molar-refractivity contribution in [2.24, 2.45) is 17.6 Å². The van der Waals surface area contributed by atoms with Crippen LogP contribution in [-0.2, 0) is 9.59 Å². The normalized spacial score (nSPS) is 19.1. The van der Waals surface area contributed by atoms with Crippen LogP contribution in [0.4, 0.5) is 0 Å². The number of aliphatic carboxylic acids is 1. The van der Waals surface area contributed by atoms with Gasteiger partial charge in [-0.15, -0.1) is 0 Å². The van der Waals surface area contributed by atoms with Crippen molar-refractivity contribution < 1.29 is 14.7 Å². The maximum Gasteiger partial charge on any atom is 0.329 e. The summed E-state index contributed by atoms with van der Waals surface area (Å²) in [6.45, 7) is 4.64. The van der Waals surface area contributed by atoms with Crippen molar-refractivity contribution in [3.63, 3.8) is 0 Å². The number of hydrogen-bond donors (Lipinski definition) is 3. The summed E-state index contributed by atoms with van der Waals surface area (Å²) in [5.74, 6) is -0.483. The van der Waals surface area contributed by atoms with Crippen molar-refractivity contribution in [2.45, 2.75) is 51.5 Å². The Morgan fingerprint density at radius 2 is 2.00 bits per heavy atom. The van der Waals surface area contributed by atoms with Crippen molar-refractivity contribution in [2.75, 3.05) is 6.54 Å². The highest BCUT2D eigenvalue weighted by Crippen LogP contribution is 2.32. The fraction of sp³-hybridized carbons (Fsp3) is 0.846. The second kappa shape index (κ2) is 6.18. The highest BCUT2D eigenvalue weighted by molar-refractivity contribution is 5.87. The van der Waals surface area contributed by atoms with E-state index in [1.54, 1.807) is 0 Å². The van der Waals surface area contributed by atoms with Gasteiger partial charge in [0.05, 0.1) is 0 Å². The molecule has 0 aromatic carbocycles. The first-order chi connectivity index (χ1) is 8.39. The van der Waals surface area contributed by atoms with E-state index in [2.05, 4.69) is 19.2 Å². The fourth-order valence-electron chi connectivity index (χ4n) is 2.43. The van der Waals surface area contributed by atoms with E-state index in [1.807, 2.05) is 0 Å². The Hall–Kier alpha value is -1.10. The predicted octanol–water partition coefficient (Wildman–Crippen LogP) is 1.12. The smallest absolute Gasteiger partial charge is 0.329 e. The molecule has 0 bridgehead atoms. The standard InChI is InChI=1S/C13H24N2O3/c1-9(2)6-10(8-14)7-11(16)15-13(12(17)18)4-3-5-13/h9-10H,3-8,14H2,1-2H3,(H,15,16)(H,17,18). The number of amides is 1. The summed E-state index contributed by atoms with van der Waals surface area (Å²) < 4.78 is 0. The summed E-state index contributed by atoms with van der Waals surface area (Å²) in [7, 11) is 0. The van der Waals surface area contributed by atoms with Gasteiger partial charge in [0.25, 0.3) is 0 Å². The van der Waals surface area contributed by atoms with Crippen LogP contribution in [0.2, 0.25) is 0 Å². The number of rotatable bonds is 7. The highest BCUT2D eigenvalue weighted by Gasteiger charge is 2.45. The van der Waals surface area contributed by atoms with Gasteiger partial charge in [-0.05, 0) is 44.1 Å². The van der Waals surface area contributed by atoms with E-state index in [1.165, 1.54) is 0 Å². The van der Waals surface area contributed by atoms with Gasteiger partial charge in [-0.1, -0.05) is 13.8 Å². The molecule has 4 N–H and O–H groups in total. The van der Waals surface area contributed by atoms with Crippen LogP contribution in [0.3, 0.4) is 0 Å². The first kappa shape index (κ1) is 15.0. The lowest BCUT2D eigenvalue weighted by molar-refractivity contribution is -0.152. The van der Waals surface area contributed by atoms with E-state index in [4.69, 9.17) is 10.8 Å². The third-order valence-corrected chi connectivity index (χ3v) is 3.61. The molecule has 0 heterocycles. The maximum atomic E-state index is 11.9. The van der Waals surface area contributed by atoms with Crippen LogP contribution in [0.25, 0.3) is 0 Å². The van der Waals surface area contributed by atoms with Crippen LogP contribution in [0.15, 0.2) is 0 Å². The molecule has 1 saturated carbocycles. The van der Waals surface area contributed by atoms with Crippen LogP contribution < -0.4 is 11.1 Å². The molecule has 5 nitrogen and oxygen atoms in total. The van der Waals surface area contributed by atoms with Crippen molar-refractivity contribution >= 4 is 11.9 Å². The Morgan fingerprint density at radius 1 is 1.39 bits per heavy atom. The number of carboxylic acids is 1. The summed E-state index contributed by atoms with van der Waals surface area (Å²) in [6.07, 6.45) is 3.14. The topological polar surface area (TPSA) is 92.4 Å². The number of carboxylic acid groups (broad SMARTS) is 1. The van der Waals surface area contributed by atoms with Gasteiger partial charge in [-0.2, -0.15) is 0 Å². The molecule has 1 rings (SSSR count). The first-order valence-corrected chi connectivity index (χ1v) is 6.64. The van der Waals surface area contributed by atoms with Gasteiger partial charge in [-0.25, -0.2) is 4.79 Å². The van der Waals surface area contributed by atoms with E-state index in [0.717, 1.165) is 12.8 Å². The van der Waals surface area contributed by atoms with Gasteiger partial charge in [0.1, 0.15) is 5.54 Å². The molecular formula is C13H24N2O3. The van der Waals surface area contributed by atoms with Crippen LogP contribution >= 0.6 is 0 Å². The van der Waals surface area contributed by atoms with Crippen molar-refractivity contribution in [1.82, 2.24) is 5.32 Å². The van der Waals surface area contributed by atoms with Gasteiger partial charge in [-0.3, -0.25) is 4.79 Å². The van der Waals surface area contributed by atoms with Crippen LogP contribution in [-0.4, -0.2) is 29.1 Å². The number of nitrogens with two attached hydrogens (primary N) is 1. The van der Waals surface area contributed by atoms with Gasteiger partial charge in [0.2, 0.25) is 5.91 Å². The second-order valence-corrected chi connectivity index (χ2v) is 5.72. The number of carbonyl (C=O) groups is 2. The summed E-state index contributed by atoms with van der Waals surface area (Å²) in [6, 6.07) is 0. The molecule has 1 unspecified atom stereocenters. The molecule has 18 heavy (non-hydrogen) atoms. The van der Waals surface area contributed by atoms with Crippen molar-refractivity contribution in [3.05, 3.63) is 0 Å². The zero-order valence-corrected chi connectivity index (χ0v) is 11.2. The third kappa shape index (κ3) is 3.70. The molecule has 0 saturated heterocycles. The molecule has 1 amide bonds. The molecule has 1 fully saturated rings. The summed E-state index contributed by atoms with van der Waals surface area (Å²) in [5, 5.41) is 11.8. The van der Waals surface area contributed by atoms with Crippen LogP contribution in [0, 0.1) is 11.8 Å². The lowest BCUT2D eigenvalue weighted by atomic mass is 9.76. The van der Waals surface area contributed by atoms with Crippen LogP contribution in [0.5, 0.6) is 0 Å². The van der Waals surface area contributed by atoms with E-state index in [9.17, 15) is 9.59 Å². The zero-order valence-electron chi connectivity index (χ0n) is 11.2. The Kier molecular flexibility index (Phi) is 5.14. The second-order valence-electron chi connectivity index (χ2n) is 5.72. The minimum atomic E-state index is -1.01. The summed E-state index contributed by atoms with van der Waals surface area (Å²) >= 11 is 0. The average molecular weight is 256 g/mol. The Bertz CT molecular complexity index is 311.